The summed E-state index contributed by atoms with van der Waals surface area (Å²) >= 11 is 5.90. The molecule has 0 aliphatic rings. The molecule has 0 atom stereocenters. The van der Waals surface area contributed by atoms with Gasteiger partial charge in [-0.1, -0.05) is 35.9 Å². The molecule has 27 heavy (non-hydrogen) atoms. The number of sulfonamides is 1. The summed E-state index contributed by atoms with van der Waals surface area (Å²) in [7, 11) is -0.371. The van der Waals surface area contributed by atoms with Crippen molar-refractivity contribution < 1.29 is 8.42 Å². The van der Waals surface area contributed by atoms with Crippen LogP contribution in [0.1, 0.15) is 18.1 Å². The number of hydrogen-bond acceptors (Lipinski definition) is 3. The molecule has 0 fully saturated rings. The third kappa shape index (κ3) is 6.23. The van der Waals surface area contributed by atoms with Gasteiger partial charge in [0.15, 0.2) is 5.96 Å². The molecule has 0 radical (unpaired) electrons. The number of nitrogens with one attached hydrogen (secondary N) is 2. The van der Waals surface area contributed by atoms with Crippen molar-refractivity contribution in [1.82, 2.24) is 14.9 Å². The lowest BCUT2D eigenvalue weighted by Crippen LogP contribution is -2.36. The molecule has 0 aliphatic heterocycles. The summed E-state index contributed by atoms with van der Waals surface area (Å²) in [6.07, 6.45) is 0. The summed E-state index contributed by atoms with van der Waals surface area (Å²) in [4.78, 5) is 4.83. The van der Waals surface area contributed by atoms with Crippen LogP contribution in [0, 0.1) is 0 Å². The average Bonchev–Trinajstić information content (AvgIpc) is 2.65. The van der Waals surface area contributed by atoms with E-state index in [2.05, 4.69) is 15.6 Å². The van der Waals surface area contributed by atoms with Crippen molar-refractivity contribution in [3.63, 3.8) is 0 Å². The van der Waals surface area contributed by atoms with Crippen molar-refractivity contribution in [2.24, 2.45) is 4.99 Å². The average molecular weight is 409 g/mol. The number of guanidine groups is 1. The summed E-state index contributed by atoms with van der Waals surface area (Å²) in [5.74, 6) is 0.692. The Bertz CT molecular complexity index is 864. The highest BCUT2D eigenvalue weighted by Gasteiger charge is 2.16. The van der Waals surface area contributed by atoms with E-state index in [-0.39, 0.29) is 4.90 Å². The monoisotopic (exact) mass is 408 g/mol. The van der Waals surface area contributed by atoms with Crippen molar-refractivity contribution >= 4 is 27.6 Å². The molecule has 0 saturated carbocycles. The van der Waals surface area contributed by atoms with E-state index in [1.165, 1.54) is 18.4 Å². The van der Waals surface area contributed by atoms with Crippen LogP contribution in [0.25, 0.3) is 0 Å². The fraction of sp³-hybridized carbons (Fsp3) is 0.316. The van der Waals surface area contributed by atoms with E-state index < -0.39 is 10.0 Å². The van der Waals surface area contributed by atoms with Crippen molar-refractivity contribution in [2.75, 3.05) is 20.6 Å². The smallest absolute Gasteiger partial charge is 0.242 e. The summed E-state index contributed by atoms with van der Waals surface area (Å²) in [6.45, 7) is 3.81. The molecule has 2 N–H and O–H groups in total. The molecular formula is C19H25ClN4O2S. The second-order valence-electron chi connectivity index (χ2n) is 6.11. The van der Waals surface area contributed by atoms with E-state index in [0.29, 0.717) is 24.1 Å². The molecule has 0 aliphatic carbocycles. The molecule has 0 unspecified atom stereocenters. The second kappa shape index (κ2) is 9.73. The quantitative estimate of drug-likeness (QED) is 0.545. The summed E-state index contributed by atoms with van der Waals surface area (Å²) < 4.78 is 25.4. The molecule has 2 aromatic rings. The Labute approximate surface area is 166 Å². The predicted octanol–water partition coefficient (Wildman–Crippen LogP) is 2.85. The number of nitrogens with zero attached hydrogens (tertiary/aromatic N) is 2. The number of aliphatic imine (C=N–C) groups is 1. The van der Waals surface area contributed by atoms with E-state index in [1.54, 1.807) is 24.3 Å². The maximum atomic E-state index is 12.1. The minimum Gasteiger partial charge on any atom is -0.357 e. The van der Waals surface area contributed by atoms with Crippen LogP contribution < -0.4 is 10.6 Å². The molecule has 0 saturated heterocycles. The van der Waals surface area contributed by atoms with Crippen molar-refractivity contribution in [3.05, 3.63) is 64.7 Å². The molecule has 146 valence electrons. The van der Waals surface area contributed by atoms with Gasteiger partial charge in [0.1, 0.15) is 0 Å². The fourth-order valence-electron chi connectivity index (χ4n) is 2.28. The number of rotatable bonds is 7. The third-order valence-electron chi connectivity index (χ3n) is 3.84. The van der Waals surface area contributed by atoms with Gasteiger partial charge >= 0.3 is 0 Å². The van der Waals surface area contributed by atoms with Gasteiger partial charge in [-0.3, -0.25) is 0 Å². The molecule has 2 aromatic carbocycles. The third-order valence-corrected chi connectivity index (χ3v) is 5.92. The van der Waals surface area contributed by atoms with Crippen LogP contribution in [0.15, 0.2) is 58.4 Å². The van der Waals surface area contributed by atoms with Crippen LogP contribution in [-0.2, 0) is 23.1 Å². The van der Waals surface area contributed by atoms with Crippen LogP contribution in [0.5, 0.6) is 0 Å². The van der Waals surface area contributed by atoms with Crippen LogP contribution in [0.4, 0.5) is 0 Å². The molecule has 0 bridgehead atoms. The van der Waals surface area contributed by atoms with Gasteiger partial charge in [-0.15, -0.1) is 0 Å². The van der Waals surface area contributed by atoms with Gasteiger partial charge < -0.3 is 10.6 Å². The molecule has 0 spiro atoms. The Kier molecular flexibility index (Phi) is 7.65. The first-order chi connectivity index (χ1) is 12.8. The maximum absolute atomic E-state index is 12.1. The molecule has 2 rings (SSSR count). The molecule has 0 heterocycles. The normalized spacial score (nSPS) is 12.3. The zero-order valence-electron chi connectivity index (χ0n) is 15.7. The molecule has 6 nitrogen and oxygen atoms in total. The summed E-state index contributed by atoms with van der Waals surface area (Å²) in [5.41, 5.74) is 2.03. The molecular weight excluding hydrogens is 384 g/mol. The number of halogens is 1. The van der Waals surface area contributed by atoms with Crippen molar-refractivity contribution in [3.8, 4) is 0 Å². The van der Waals surface area contributed by atoms with Gasteiger partial charge in [0, 0.05) is 32.2 Å². The van der Waals surface area contributed by atoms with E-state index in [0.717, 1.165) is 17.7 Å². The first-order valence-corrected chi connectivity index (χ1v) is 10.4. The van der Waals surface area contributed by atoms with Crippen molar-refractivity contribution in [2.45, 2.75) is 24.9 Å². The van der Waals surface area contributed by atoms with Gasteiger partial charge in [-0.25, -0.2) is 17.7 Å². The molecule has 0 aromatic heterocycles. The topological polar surface area (TPSA) is 73.8 Å². The lowest BCUT2D eigenvalue weighted by molar-refractivity contribution is 0.520. The van der Waals surface area contributed by atoms with Gasteiger partial charge in [-0.2, -0.15) is 0 Å². The predicted molar refractivity (Wildman–Crippen MR) is 110 cm³/mol. The van der Waals surface area contributed by atoms with E-state index in [4.69, 9.17) is 11.6 Å². The Morgan fingerprint density at radius 1 is 1.00 bits per heavy atom. The lowest BCUT2D eigenvalue weighted by atomic mass is 10.2. The maximum Gasteiger partial charge on any atom is 0.242 e. The van der Waals surface area contributed by atoms with Crippen LogP contribution in [0.2, 0.25) is 5.02 Å². The number of benzene rings is 2. The zero-order chi connectivity index (χ0) is 19.9. The summed E-state index contributed by atoms with van der Waals surface area (Å²) in [5, 5.41) is 7.15. The highest BCUT2D eigenvalue weighted by atomic mass is 35.5. The Balaban J connectivity index is 2.00. The van der Waals surface area contributed by atoms with Crippen LogP contribution >= 0.6 is 11.6 Å². The van der Waals surface area contributed by atoms with Gasteiger partial charge in [0.2, 0.25) is 10.0 Å². The lowest BCUT2D eigenvalue weighted by Gasteiger charge is -2.13. The number of hydrogen-bond donors (Lipinski definition) is 2. The first-order valence-electron chi connectivity index (χ1n) is 8.61. The summed E-state index contributed by atoms with van der Waals surface area (Å²) in [6, 6.07) is 14.4. The van der Waals surface area contributed by atoms with Gasteiger partial charge in [-0.05, 0) is 42.3 Å². The van der Waals surface area contributed by atoms with Crippen LogP contribution in [-0.4, -0.2) is 39.3 Å². The zero-order valence-corrected chi connectivity index (χ0v) is 17.3. The first kappa shape index (κ1) is 21.2. The highest BCUT2D eigenvalue weighted by molar-refractivity contribution is 7.89. The minimum absolute atomic E-state index is 0.277. The Hall–Kier alpha value is -2.09. The molecule has 8 heteroatoms. The second-order valence-corrected chi connectivity index (χ2v) is 8.69. The van der Waals surface area contributed by atoms with E-state index in [9.17, 15) is 8.42 Å². The van der Waals surface area contributed by atoms with Gasteiger partial charge in [0.25, 0.3) is 0 Å². The standard InChI is InChI=1S/C19H25ClN4O2S/c1-4-21-19(22-13-15-5-9-17(20)10-6-15)23-14-16-7-11-18(12-8-16)27(25,26)24(2)3/h5-12H,4,13-14H2,1-3H3,(H2,21,22,23). The molecule has 0 amide bonds. The van der Waals surface area contributed by atoms with E-state index in [1.807, 2.05) is 31.2 Å². The Morgan fingerprint density at radius 2 is 1.59 bits per heavy atom. The van der Waals surface area contributed by atoms with Crippen molar-refractivity contribution in [1.29, 1.82) is 0 Å². The van der Waals surface area contributed by atoms with Gasteiger partial charge in [0.05, 0.1) is 11.4 Å². The fourth-order valence-corrected chi connectivity index (χ4v) is 3.31. The van der Waals surface area contributed by atoms with E-state index >= 15 is 0 Å². The minimum atomic E-state index is -3.41. The SMILES string of the molecule is CCNC(=NCc1ccc(Cl)cc1)NCc1ccc(S(=O)(=O)N(C)C)cc1. The largest absolute Gasteiger partial charge is 0.357 e. The van der Waals surface area contributed by atoms with Crippen LogP contribution in [0.3, 0.4) is 0 Å². The highest BCUT2D eigenvalue weighted by Crippen LogP contribution is 2.14. The Morgan fingerprint density at radius 3 is 2.15 bits per heavy atom.